The predicted octanol–water partition coefficient (Wildman–Crippen LogP) is 2.16. The van der Waals surface area contributed by atoms with Gasteiger partial charge in [0.2, 0.25) is 5.91 Å². The number of nitrogens with one attached hydrogen (secondary N) is 1. The fourth-order valence-electron chi connectivity index (χ4n) is 1.98. The Morgan fingerprint density at radius 2 is 1.76 bits per heavy atom. The summed E-state index contributed by atoms with van der Waals surface area (Å²) in [6.07, 6.45) is -5.09. The molecule has 1 aromatic rings. The second-order valence-electron chi connectivity index (χ2n) is 5.16. The van der Waals surface area contributed by atoms with Crippen molar-refractivity contribution in [2.75, 3.05) is 6.61 Å². The van der Waals surface area contributed by atoms with E-state index in [-0.39, 0.29) is 25.9 Å². The maximum absolute atomic E-state index is 12.5. The Morgan fingerprint density at radius 3 is 2.24 bits per heavy atom. The van der Waals surface area contributed by atoms with E-state index in [2.05, 4.69) is 10.1 Å². The van der Waals surface area contributed by atoms with Gasteiger partial charge in [-0.2, -0.15) is 13.2 Å². The lowest BCUT2D eigenvalue weighted by Crippen LogP contribution is -2.42. The quantitative estimate of drug-likeness (QED) is 0.692. The van der Waals surface area contributed by atoms with Crippen LogP contribution in [-0.4, -0.2) is 35.6 Å². The van der Waals surface area contributed by atoms with Crippen LogP contribution >= 0.6 is 0 Å². The summed E-state index contributed by atoms with van der Waals surface area (Å²) in [4.78, 5) is 34.1. The Balaban J connectivity index is 2.64. The molecule has 0 bridgehead atoms. The van der Waals surface area contributed by atoms with Gasteiger partial charge < -0.3 is 15.2 Å². The minimum absolute atomic E-state index is 0.173. The summed E-state index contributed by atoms with van der Waals surface area (Å²) in [5.74, 6) is -2.57. The van der Waals surface area contributed by atoms with Crippen LogP contribution in [-0.2, 0) is 31.7 Å². The van der Waals surface area contributed by atoms with Crippen molar-refractivity contribution >= 4 is 17.8 Å². The summed E-state index contributed by atoms with van der Waals surface area (Å²) < 4.78 is 42.1. The number of alkyl halides is 3. The number of aliphatic carboxylic acids is 1. The van der Waals surface area contributed by atoms with Gasteiger partial charge in [0, 0.05) is 12.8 Å². The Bertz CT molecular complexity index is 613. The highest BCUT2D eigenvalue weighted by atomic mass is 19.4. The molecular formula is C16H18F3NO5. The van der Waals surface area contributed by atoms with Crippen LogP contribution in [0, 0.1) is 0 Å². The zero-order valence-electron chi connectivity index (χ0n) is 13.4. The maximum Gasteiger partial charge on any atom is 0.416 e. The Morgan fingerprint density at radius 1 is 1.16 bits per heavy atom. The Kier molecular flexibility index (Phi) is 7.41. The topological polar surface area (TPSA) is 92.7 Å². The van der Waals surface area contributed by atoms with Crippen molar-refractivity contribution in [1.82, 2.24) is 5.32 Å². The third-order valence-corrected chi connectivity index (χ3v) is 3.22. The first kappa shape index (κ1) is 20.5. The molecule has 1 aromatic carbocycles. The lowest BCUT2D eigenvalue weighted by Gasteiger charge is -2.15. The second kappa shape index (κ2) is 9.05. The number of carboxylic acids is 1. The van der Waals surface area contributed by atoms with E-state index in [0.717, 1.165) is 24.3 Å². The summed E-state index contributed by atoms with van der Waals surface area (Å²) in [5.41, 5.74) is -0.521. The van der Waals surface area contributed by atoms with Crippen LogP contribution in [0.2, 0.25) is 0 Å². The van der Waals surface area contributed by atoms with E-state index in [0.29, 0.717) is 5.56 Å². The van der Waals surface area contributed by atoms with E-state index in [1.165, 1.54) is 0 Å². The molecule has 0 aliphatic rings. The summed E-state index contributed by atoms with van der Waals surface area (Å²) >= 11 is 0. The second-order valence-corrected chi connectivity index (χ2v) is 5.16. The number of benzene rings is 1. The normalized spacial score (nSPS) is 12.3. The van der Waals surface area contributed by atoms with Gasteiger partial charge in [-0.15, -0.1) is 0 Å². The minimum atomic E-state index is -4.48. The van der Waals surface area contributed by atoms with Gasteiger partial charge in [-0.3, -0.25) is 9.59 Å². The minimum Gasteiger partial charge on any atom is -0.480 e. The fraction of sp³-hybridized carbons (Fsp3) is 0.438. The number of hydrogen-bond donors (Lipinski definition) is 2. The van der Waals surface area contributed by atoms with Crippen LogP contribution in [0.5, 0.6) is 0 Å². The van der Waals surface area contributed by atoms with Gasteiger partial charge in [-0.25, -0.2) is 4.79 Å². The zero-order chi connectivity index (χ0) is 19.0. The van der Waals surface area contributed by atoms with Crippen molar-refractivity contribution in [2.45, 2.75) is 38.4 Å². The highest BCUT2D eigenvalue weighted by Crippen LogP contribution is 2.29. The van der Waals surface area contributed by atoms with Gasteiger partial charge in [-0.05, 0) is 24.6 Å². The first-order valence-electron chi connectivity index (χ1n) is 7.47. The molecule has 0 aliphatic heterocycles. The van der Waals surface area contributed by atoms with E-state index in [9.17, 15) is 27.6 Å². The van der Waals surface area contributed by atoms with Crippen LogP contribution in [0.4, 0.5) is 13.2 Å². The smallest absolute Gasteiger partial charge is 0.416 e. The summed E-state index contributed by atoms with van der Waals surface area (Å²) in [6, 6.07) is 2.69. The van der Waals surface area contributed by atoms with Crippen LogP contribution in [0.3, 0.4) is 0 Å². The number of carboxylic acid groups (broad SMARTS) is 1. The summed E-state index contributed by atoms with van der Waals surface area (Å²) in [7, 11) is 0. The van der Waals surface area contributed by atoms with Gasteiger partial charge >= 0.3 is 18.1 Å². The standard InChI is InChI=1S/C16H18F3NO5/c1-2-25-14(22)8-7-13(21)20-12(15(23)24)9-10-3-5-11(6-4-10)16(17,18)19/h3-6,12H,2,7-9H2,1H3,(H,20,21)(H,23,24)/t12-/m1/s1. The zero-order valence-corrected chi connectivity index (χ0v) is 13.4. The Hall–Kier alpha value is -2.58. The average molecular weight is 361 g/mol. The van der Waals surface area contributed by atoms with E-state index < -0.39 is 35.6 Å². The molecule has 2 N–H and O–H groups in total. The summed E-state index contributed by atoms with van der Waals surface area (Å²) in [5, 5.41) is 11.4. The molecule has 138 valence electrons. The van der Waals surface area contributed by atoms with E-state index >= 15 is 0 Å². The van der Waals surface area contributed by atoms with Gasteiger partial charge in [0.1, 0.15) is 6.04 Å². The lowest BCUT2D eigenvalue weighted by molar-refractivity contribution is -0.145. The Labute approximate surface area is 142 Å². The van der Waals surface area contributed by atoms with Crippen LogP contribution in [0.15, 0.2) is 24.3 Å². The molecule has 0 aromatic heterocycles. The number of rotatable bonds is 8. The fourth-order valence-corrected chi connectivity index (χ4v) is 1.98. The van der Waals surface area contributed by atoms with Crippen LogP contribution < -0.4 is 5.32 Å². The molecule has 6 nitrogen and oxygen atoms in total. The first-order chi connectivity index (χ1) is 11.6. The van der Waals surface area contributed by atoms with Crippen molar-refractivity contribution in [3.05, 3.63) is 35.4 Å². The van der Waals surface area contributed by atoms with Gasteiger partial charge in [0.15, 0.2) is 0 Å². The number of carbonyl (C=O) groups is 3. The van der Waals surface area contributed by atoms with E-state index in [1.807, 2.05) is 0 Å². The third-order valence-electron chi connectivity index (χ3n) is 3.22. The average Bonchev–Trinajstić information content (AvgIpc) is 2.52. The van der Waals surface area contributed by atoms with E-state index in [1.54, 1.807) is 6.92 Å². The third kappa shape index (κ3) is 7.23. The number of carbonyl (C=O) groups excluding carboxylic acids is 2. The molecule has 0 saturated carbocycles. The molecule has 9 heteroatoms. The maximum atomic E-state index is 12.5. The number of amides is 1. The molecule has 0 heterocycles. The molecule has 1 amide bonds. The summed E-state index contributed by atoms with van der Waals surface area (Å²) in [6.45, 7) is 1.79. The van der Waals surface area contributed by atoms with Crippen LogP contribution in [0.25, 0.3) is 0 Å². The van der Waals surface area contributed by atoms with Gasteiger partial charge in [0.05, 0.1) is 18.6 Å². The number of esters is 1. The molecule has 0 unspecified atom stereocenters. The number of ether oxygens (including phenoxy) is 1. The van der Waals surface area contributed by atoms with Crippen molar-refractivity contribution < 1.29 is 37.4 Å². The van der Waals surface area contributed by atoms with Gasteiger partial charge in [0.25, 0.3) is 0 Å². The molecule has 0 fully saturated rings. The first-order valence-corrected chi connectivity index (χ1v) is 7.47. The highest BCUT2D eigenvalue weighted by molar-refractivity contribution is 5.85. The van der Waals surface area contributed by atoms with Crippen molar-refractivity contribution in [2.24, 2.45) is 0 Å². The molecule has 0 aliphatic carbocycles. The predicted molar refractivity (Wildman–Crippen MR) is 80.6 cm³/mol. The molecule has 0 spiro atoms. The highest BCUT2D eigenvalue weighted by Gasteiger charge is 2.30. The largest absolute Gasteiger partial charge is 0.480 e. The van der Waals surface area contributed by atoms with Crippen molar-refractivity contribution in [3.63, 3.8) is 0 Å². The number of halogens is 3. The molecule has 0 saturated heterocycles. The SMILES string of the molecule is CCOC(=O)CCC(=O)N[C@H](Cc1ccc(C(F)(F)F)cc1)C(=O)O. The molecule has 0 radical (unpaired) electrons. The number of hydrogen-bond acceptors (Lipinski definition) is 4. The molecule has 1 rings (SSSR count). The van der Waals surface area contributed by atoms with E-state index in [4.69, 9.17) is 5.11 Å². The molecule has 1 atom stereocenters. The molecular weight excluding hydrogens is 343 g/mol. The monoisotopic (exact) mass is 361 g/mol. The van der Waals surface area contributed by atoms with Crippen molar-refractivity contribution in [3.8, 4) is 0 Å². The lowest BCUT2D eigenvalue weighted by atomic mass is 10.0. The molecule has 25 heavy (non-hydrogen) atoms. The van der Waals surface area contributed by atoms with Gasteiger partial charge in [-0.1, -0.05) is 12.1 Å². The van der Waals surface area contributed by atoms with Crippen LogP contribution in [0.1, 0.15) is 30.9 Å². The van der Waals surface area contributed by atoms with Crippen molar-refractivity contribution in [1.29, 1.82) is 0 Å².